The van der Waals surface area contributed by atoms with Crippen LogP contribution in [0.5, 0.6) is 0 Å². The van der Waals surface area contributed by atoms with E-state index in [1.807, 2.05) is 50.9 Å². The number of hydrogen-bond acceptors (Lipinski definition) is 4. The Morgan fingerprint density at radius 1 is 1.44 bits per heavy atom. The van der Waals surface area contributed by atoms with Crippen molar-refractivity contribution in [3.8, 4) is 0 Å². The lowest BCUT2D eigenvalue weighted by atomic mass is 10.0. The largest absolute Gasteiger partial charge is 0.465 e. The molecule has 0 N–H and O–H groups in total. The zero-order valence-electron chi connectivity index (χ0n) is 11.6. The molecule has 4 heteroatoms. The second-order valence-corrected chi connectivity index (χ2v) is 4.77. The van der Waals surface area contributed by atoms with E-state index in [-0.39, 0.29) is 5.97 Å². The molecule has 0 aliphatic rings. The van der Waals surface area contributed by atoms with Gasteiger partial charge in [-0.1, -0.05) is 6.07 Å². The van der Waals surface area contributed by atoms with Gasteiger partial charge in [-0.2, -0.15) is 0 Å². The topological polar surface area (TPSA) is 42.4 Å². The van der Waals surface area contributed by atoms with Crippen molar-refractivity contribution in [3.05, 3.63) is 30.1 Å². The van der Waals surface area contributed by atoms with E-state index in [4.69, 9.17) is 4.74 Å². The highest BCUT2D eigenvalue weighted by Gasteiger charge is 2.33. The lowest BCUT2D eigenvalue weighted by Gasteiger charge is -2.33. The summed E-state index contributed by atoms with van der Waals surface area (Å²) in [6, 6.07) is 5.86. The zero-order valence-corrected chi connectivity index (χ0v) is 11.6. The van der Waals surface area contributed by atoms with Crippen LogP contribution in [0.3, 0.4) is 0 Å². The molecule has 1 aromatic heterocycles. The third-order valence-electron chi connectivity index (χ3n) is 3.16. The van der Waals surface area contributed by atoms with E-state index >= 15 is 0 Å². The SMILES string of the molecule is CCOC(=O)C(C)(C)N(C)CCc1ccccn1. The molecule has 0 radical (unpaired) electrons. The monoisotopic (exact) mass is 250 g/mol. The van der Waals surface area contributed by atoms with E-state index in [1.165, 1.54) is 0 Å². The van der Waals surface area contributed by atoms with Crippen molar-refractivity contribution < 1.29 is 9.53 Å². The first-order chi connectivity index (χ1) is 8.48. The average Bonchev–Trinajstić information content (AvgIpc) is 2.37. The number of carbonyl (C=O) groups is 1. The van der Waals surface area contributed by atoms with Gasteiger partial charge in [0.2, 0.25) is 0 Å². The van der Waals surface area contributed by atoms with Gasteiger partial charge >= 0.3 is 5.97 Å². The first-order valence-electron chi connectivity index (χ1n) is 6.27. The molecule has 0 spiro atoms. The number of carbonyl (C=O) groups excluding carboxylic acids is 1. The summed E-state index contributed by atoms with van der Waals surface area (Å²) >= 11 is 0. The molecule has 18 heavy (non-hydrogen) atoms. The molecule has 100 valence electrons. The highest BCUT2D eigenvalue weighted by Crippen LogP contribution is 2.15. The van der Waals surface area contributed by atoms with Gasteiger partial charge in [0, 0.05) is 24.9 Å². The Morgan fingerprint density at radius 3 is 2.72 bits per heavy atom. The third-order valence-corrected chi connectivity index (χ3v) is 3.16. The van der Waals surface area contributed by atoms with Gasteiger partial charge in [-0.3, -0.25) is 14.7 Å². The minimum absolute atomic E-state index is 0.187. The van der Waals surface area contributed by atoms with Crippen molar-refractivity contribution >= 4 is 5.97 Å². The fraction of sp³-hybridized carbons (Fsp3) is 0.571. The van der Waals surface area contributed by atoms with Crippen LogP contribution in [0, 0.1) is 0 Å². The van der Waals surface area contributed by atoms with E-state index in [0.717, 1.165) is 18.7 Å². The fourth-order valence-corrected chi connectivity index (χ4v) is 1.57. The minimum Gasteiger partial charge on any atom is -0.465 e. The Kier molecular flexibility index (Phi) is 5.28. The molecule has 0 atom stereocenters. The van der Waals surface area contributed by atoms with Gasteiger partial charge in [0.15, 0.2) is 0 Å². The van der Waals surface area contributed by atoms with Crippen LogP contribution >= 0.6 is 0 Å². The molecule has 1 rings (SSSR count). The summed E-state index contributed by atoms with van der Waals surface area (Å²) < 4.78 is 5.08. The number of nitrogens with zero attached hydrogens (tertiary/aromatic N) is 2. The first-order valence-corrected chi connectivity index (χ1v) is 6.27. The van der Waals surface area contributed by atoms with Gasteiger partial charge in [0.25, 0.3) is 0 Å². The lowest BCUT2D eigenvalue weighted by Crippen LogP contribution is -2.49. The zero-order chi connectivity index (χ0) is 13.6. The summed E-state index contributed by atoms with van der Waals surface area (Å²) in [5.74, 6) is -0.187. The van der Waals surface area contributed by atoms with E-state index in [9.17, 15) is 4.79 Å². The Morgan fingerprint density at radius 2 is 2.17 bits per heavy atom. The molecule has 0 fully saturated rings. The van der Waals surface area contributed by atoms with Gasteiger partial charge in [-0.05, 0) is 40.0 Å². The molecule has 0 bridgehead atoms. The summed E-state index contributed by atoms with van der Waals surface area (Å²) in [6.45, 7) is 6.76. The molecule has 0 saturated heterocycles. The van der Waals surface area contributed by atoms with Gasteiger partial charge in [-0.15, -0.1) is 0 Å². The van der Waals surface area contributed by atoms with Crippen molar-refractivity contribution in [1.29, 1.82) is 0 Å². The Labute approximate surface area is 109 Å². The number of hydrogen-bond donors (Lipinski definition) is 0. The van der Waals surface area contributed by atoms with E-state index < -0.39 is 5.54 Å². The van der Waals surface area contributed by atoms with Crippen molar-refractivity contribution in [3.63, 3.8) is 0 Å². The van der Waals surface area contributed by atoms with Crippen molar-refractivity contribution in [1.82, 2.24) is 9.88 Å². The number of esters is 1. The van der Waals surface area contributed by atoms with Crippen LogP contribution in [-0.2, 0) is 16.0 Å². The van der Waals surface area contributed by atoms with E-state index in [1.54, 1.807) is 6.20 Å². The average molecular weight is 250 g/mol. The van der Waals surface area contributed by atoms with Crippen LogP contribution in [0.15, 0.2) is 24.4 Å². The van der Waals surface area contributed by atoms with Gasteiger partial charge in [-0.25, -0.2) is 0 Å². The minimum atomic E-state index is -0.606. The molecule has 0 aromatic carbocycles. The van der Waals surface area contributed by atoms with Crippen molar-refractivity contribution in [2.75, 3.05) is 20.2 Å². The smallest absolute Gasteiger partial charge is 0.325 e. The molecular weight excluding hydrogens is 228 g/mol. The second-order valence-electron chi connectivity index (χ2n) is 4.77. The van der Waals surface area contributed by atoms with E-state index in [0.29, 0.717) is 6.61 Å². The van der Waals surface area contributed by atoms with Gasteiger partial charge in [0.1, 0.15) is 5.54 Å². The lowest BCUT2D eigenvalue weighted by molar-refractivity contribution is -0.154. The fourth-order valence-electron chi connectivity index (χ4n) is 1.57. The van der Waals surface area contributed by atoms with Crippen LogP contribution in [0.4, 0.5) is 0 Å². The molecule has 1 aromatic rings. The summed E-state index contributed by atoms with van der Waals surface area (Å²) in [6.07, 6.45) is 2.60. The van der Waals surface area contributed by atoms with Crippen molar-refractivity contribution in [2.24, 2.45) is 0 Å². The Balaban J connectivity index is 2.54. The molecular formula is C14H22N2O2. The normalized spacial score (nSPS) is 11.6. The van der Waals surface area contributed by atoms with Crippen LogP contribution < -0.4 is 0 Å². The molecule has 0 aliphatic carbocycles. The molecule has 0 amide bonds. The van der Waals surface area contributed by atoms with Crippen molar-refractivity contribution in [2.45, 2.75) is 32.7 Å². The summed E-state index contributed by atoms with van der Waals surface area (Å²) in [7, 11) is 1.93. The first kappa shape index (κ1) is 14.6. The molecule has 4 nitrogen and oxygen atoms in total. The maximum Gasteiger partial charge on any atom is 0.325 e. The number of rotatable bonds is 6. The second kappa shape index (κ2) is 6.50. The maximum atomic E-state index is 11.8. The predicted octanol–water partition coefficient (Wildman–Crippen LogP) is 1.90. The van der Waals surface area contributed by atoms with Gasteiger partial charge in [0.05, 0.1) is 6.61 Å². The Hall–Kier alpha value is -1.42. The summed E-state index contributed by atoms with van der Waals surface area (Å²) in [4.78, 5) is 18.1. The number of ether oxygens (including phenoxy) is 1. The maximum absolute atomic E-state index is 11.8. The van der Waals surface area contributed by atoms with E-state index in [2.05, 4.69) is 4.98 Å². The summed E-state index contributed by atoms with van der Waals surface area (Å²) in [5, 5.41) is 0. The Bertz CT molecular complexity index is 377. The highest BCUT2D eigenvalue weighted by atomic mass is 16.5. The van der Waals surface area contributed by atoms with Crippen LogP contribution in [0.1, 0.15) is 26.5 Å². The molecule has 0 saturated carbocycles. The standard InChI is InChI=1S/C14H22N2O2/c1-5-18-13(17)14(2,3)16(4)11-9-12-8-6-7-10-15-12/h6-8,10H,5,9,11H2,1-4H3. The van der Waals surface area contributed by atoms with Crippen LogP contribution in [0.25, 0.3) is 0 Å². The van der Waals surface area contributed by atoms with Gasteiger partial charge < -0.3 is 4.74 Å². The molecule has 0 aliphatic heterocycles. The molecule has 1 heterocycles. The summed E-state index contributed by atoms with van der Waals surface area (Å²) in [5.41, 5.74) is 0.425. The van der Waals surface area contributed by atoms with Crippen LogP contribution in [-0.4, -0.2) is 41.6 Å². The number of pyridine rings is 1. The molecule has 0 unspecified atom stereocenters. The number of aromatic nitrogens is 1. The van der Waals surface area contributed by atoms with Crippen LogP contribution in [0.2, 0.25) is 0 Å². The predicted molar refractivity (Wildman–Crippen MR) is 71.3 cm³/mol. The quantitative estimate of drug-likeness (QED) is 0.723. The number of likely N-dealkylation sites (N-methyl/N-ethyl adjacent to an activating group) is 1. The highest BCUT2D eigenvalue weighted by molar-refractivity contribution is 5.79. The third kappa shape index (κ3) is 3.81.